The van der Waals surface area contributed by atoms with Crippen molar-refractivity contribution in [3.8, 4) is 5.75 Å². The third-order valence-electron chi connectivity index (χ3n) is 3.79. The quantitative estimate of drug-likeness (QED) is 0.890. The van der Waals surface area contributed by atoms with Crippen LogP contribution in [0, 0.1) is 0 Å². The highest BCUT2D eigenvalue weighted by Crippen LogP contribution is 2.34. The SMILES string of the molecule is COc1cccc([C@H]2C[C@H](O)CN2Cc2cnc[nH]2)c1. The maximum atomic E-state index is 9.99. The summed E-state index contributed by atoms with van der Waals surface area (Å²) < 4.78 is 5.29. The van der Waals surface area contributed by atoms with Gasteiger partial charge in [0.1, 0.15) is 5.75 Å². The van der Waals surface area contributed by atoms with Crippen LogP contribution in [0.3, 0.4) is 0 Å². The first kappa shape index (κ1) is 13.1. The smallest absolute Gasteiger partial charge is 0.119 e. The number of hydrogen-bond acceptors (Lipinski definition) is 4. The molecule has 0 spiro atoms. The van der Waals surface area contributed by atoms with E-state index in [4.69, 9.17) is 4.74 Å². The van der Waals surface area contributed by atoms with Crippen molar-refractivity contribution in [3.63, 3.8) is 0 Å². The minimum Gasteiger partial charge on any atom is -0.497 e. The lowest BCUT2D eigenvalue weighted by molar-refractivity contribution is 0.172. The Bertz CT molecular complexity index is 556. The predicted molar refractivity (Wildman–Crippen MR) is 75.4 cm³/mol. The number of hydrogen-bond donors (Lipinski definition) is 2. The second kappa shape index (κ2) is 5.64. The van der Waals surface area contributed by atoms with Crippen LogP contribution in [-0.2, 0) is 6.54 Å². The molecule has 1 aliphatic heterocycles. The van der Waals surface area contributed by atoms with Crippen LogP contribution in [0.25, 0.3) is 0 Å². The number of likely N-dealkylation sites (tertiary alicyclic amines) is 1. The number of aromatic amines is 1. The van der Waals surface area contributed by atoms with Crippen molar-refractivity contribution < 1.29 is 9.84 Å². The van der Waals surface area contributed by atoms with Gasteiger partial charge in [-0.05, 0) is 24.1 Å². The van der Waals surface area contributed by atoms with E-state index in [9.17, 15) is 5.11 Å². The Morgan fingerprint density at radius 2 is 2.40 bits per heavy atom. The summed E-state index contributed by atoms with van der Waals surface area (Å²) in [6, 6.07) is 8.28. The molecule has 0 radical (unpaired) electrons. The molecule has 0 unspecified atom stereocenters. The summed E-state index contributed by atoms with van der Waals surface area (Å²) in [5.41, 5.74) is 2.24. The molecule has 20 heavy (non-hydrogen) atoms. The lowest BCUT2D eigenvalue weighted by Crippen LogP contribution is -2.24. The fourth-order valence-electron chi connectivity index (χ4n) is 2.84. The Morgan fingerprint density at radius 3 is 3.15 bits per heavy atom. The number of ether oxygens (including phenoxy) is 1. The van der Waals surface area contributed by atoms with Gasteiger partial charge in [0.15, 0.2) is 0 Å². The minimum absolute atomic E-state index is 0.211. The van der Waals surface area contributed by atoms with Gasteiger partial charge in [-0.2, -0.15) is 0 Å². The molecule has 3 rings (SSSR count). The van der Waals surface area contributed by atoms with E-state index in [1.807, 2.05) is 24.4 Å². The van der Waals surface area contributed by atoms with Gasteiger partial charge < -0.3 is 14.8 Å². The van der Waals surface area contributed by atoms with Crippen LogP contribution in [0.1, 0.15) is 23.7 Å². The summed E-state index contributed by atoms with van der Waals surface area (Å²) in [4.78, 5) is 9.43. The molecule has 0 saturated carbocycles. The number of β-amino-alcohol motifs (C(OH)–C–C–N with tert-alkyl or cyclic N) is 1. The van der Waals surface area contributed by atoms with Gasteiger partial charge in [0.2, 0.25) is 0 Å². The number of imidazole rings is 1. The molecule has 1 fully saturated rings. The van der Waals surface area contributed by atoms with E-state index < -0.39 is 0 Å². The molecule has 0 aliphatic carbocycles. The second-order valence-electron chi connectivity index (χ2n) is 5.19. The van der Waals surface area contributed by atoms with Crippen molar-refractivity contribution in [1.29, 1.82) is 0 Å². The normalized spacial score (nSPS) is 23.1. The van der Waals surface area contributed by atoms with Crippen LogP contribution in [0.2, 0.25) is 0 Å². The monoisotopic (exact) mass is 273 g/mol. The van der Waals surface area contributed by atoms with Crippen LogP contribution in [0.15, 0.2) is 36.8 Å². The van der Waals surface area contributed by atoms with Gasteiger partial charge in [-0.25, -0.2) is 4.98 Å². The molecule has 1 aromatic carbocycles. The minimum atomic E-state index is -0.283. The lowest BCUT2D eigenvalue weighted by Gasteiger charge is -2.24. The molecule has 2 aromatic rings. The fraction of sp³-hybridized carbons (Fsp3) is 0.400. The molecule has 1 saturated heterocycles. The number of aliphatic hydroxyl groups excluding tert-OH is 1. The maximum Gasteiger partial charge on any atom is 0.119 e. The van der Waals surface area contributed by atoms with Gasteiger partial charge >= 0.3 is 0 Å². The van der Waals surface area contributed by atoms with Crippen molar-refractivity contribution in [3.05, 3.63) is 48.0 Å². The van der Waals surface area contributed by atoms with Crippen LogP contribution < -0.4 is 4.74 Å². The van der Waals surface area contributed by atoms with Crippen molar-refractivity contribution in [2.45, 2.75) is 25.1 Å². The van der Waals surface area contributed by atoms with E-state index >= 15 is 0 Å². The number of aromatic nitrogens is 2. The van der Waals surface area contributed by atoms with E-state index in [2.05, 4.69) is 20.9 Å². The van der Waals surface area contributed by atoms with E-state index in [1.54, 1.807) is 13.4 Å². The average molecular weight is 273 g/mol. The standard InChI is InChI=1S/C15H19N3O2/c1-20-14-4-2-3-11(5-14)15-6-13(19)9-18(15)8-12-7-16-10-17-12/h2-5,7,10,13,15,19H,6,8-9H2,1H3,(H,16,17)/t13-,15+/m0/s1. The number of H-pyrrole nitrogens is 1. The Balaban J connectivity index is 1.81. The van der Waals surface area contributed by atoms with Gasteiger partial charge in [-0.15, -0.1) is 0 Å². The van der Waals surface area contributed by atoms with E-state index in [0.717, 1.165) is 24.4 Å². The average Bonchev–Trinajstić information content (AvgIpc) is 3.09. The van der Waals surface area contributed by atoms with Crippen molar-refractivity contribution in [2.75, 3.05) is 13.7 Å². The Labute approximate surface area is 118 Å². The summed E-state index contributed by atoms with van der Waals surface area (Å²) >= 11 is 0. The Morgan fingerprint density at radius 1 is 1.50 bits per heavy atom. The maximum absolute atomic E-state index is 9.99. The molecular weight excluding hydrogens is 254 g/mol. The highest BCUT2D eigenvalue weighted by molar-refractivity contribution is 5.31. The summed E-state index contributed by atoms with van der Waals surface area (Å²) in [7, 11) is 1.67. The van der Waals surface area contributed by atoms with Crippen molar-refractivity contribution in [2.24, 2.45) is 0 Å². The molecular formula is C15H19N3O2. The zero-order chi connectivity index (χ0) is 13.9. The lowest BCUT2D eigenvalue weighted by atomic mass is 10.0. The first-order chi connectivity index (χ1) is 9.76. The highest BCUT2D eigenvalue weighted by atomic mass is 16.5. The largest absolute Gasteiger partial charge is 0.497 e. The van der Waals surface area contributed by atoms with E-state index in [-0.39, 0.29) is 12.1 Å². The first-order valence-corrected chi connectivity index (χ1v) is 6.79. The Kier molecular flexibility index (Phi) is 3.71. The number of nitrogens with one attached hydrogen (secondary N) is 1. The molecule has 0 bridgehead atoms. The number of aliphatic hydroxyl groups is 1. The summed E-state index contributed by atoms with van der Waals surface area (Å²) in [6.07, 6.45) is 3.98. The van der Waals surface area contributed by atoms with Gasteiger partial charge in [0, 0.05) is 31.0 Å². The number of methoxy groups -OCH3 is 1. The third-order valence-corrected chi connectivity index (χ3v) is 3.79. The molecule has 1 aromatic heterocycles. The van der Waals surface area contributed by atoms with Crippen molar-refractivity contribution in [1.82, 2.24) is 14.9 Å². The number of benzene rings is 1. The molecule has 2 atom stereocenters. The van der Waals surface area contributed by atoms with Crippen molar-refractivity contribution >= 4 is 0 Å². The van der Waals surface area contributed by atoms with E-state index in [0.29, 0.717) is 6.54 Å². The fourth-order valence-corrected chi connectivity index (χ4v) is 2.84. The number of rotatable bonds is 4. The zero-order valence-corrected chi connectivity index (χ0v) is 11.5. The first-order valence-electron chi connectivity index (χ1n) is 6.79. The van der Waals surface area contributed by atoms with Gasteiger partial charge in [-0.3, -0.25) is 4.90 Å². The molecule has 1 aliphatic rings. The molecule has 5 nitrogen and oxygen atoms in total. The van der Waals surface area contributed by atoms with E-state index in [1.165, 1.54) is 5.56 Å². The molecule has 2 N–H and O–H groups in total. The molecule has 106 valence electrons. The predicted octanol–water partition coefficient (Wildman–Crippen LogP) is 1.73. The van der Waals surface area contributed by atoms with Gasteiger partial charge in [0.05, 0.1) is 19.5 Å². The second-order valence-corrected chi connectivity index (χ2v) is 5.19. The summed E-state index contributed by atoms with van der Waals surface area (Å²) in [5, 5.41) is 9.99. The number of nitrogens with zero attached hydrogens (tertiary/aromatic N) is 2. The van der Waals surface area contributed by atoms with Crippen LogP contribution in [0.5, 0.6) is 5.75 Å². The van der Waals surface area contributed by atoms with Crippen LogP contribution in [0.4, 0.5) is 0 Å². The Hall–Kier alpha value is -1.85. The summed E-state index contributed by atoms with van der Waals surface area (Å²) in [5.74, 6) is 0.852. The highest BCUT2D eigenvalue weighted by Gasteiger charge is 2.32. The van der Waals surface area contributed by atoms with Gasteiger partial charge in [-0.1, -0.05) is 12.1 Å². The third kappa shape index (κ3) is 2.69. The molecule has 5 heteroatoms. The topological polar surface area (TPSA) is 61.4 Å². The molecule has 0 amide bonds. The summed E-state index contributed by atoms with van der Waals surface area (Å²) in [6.45, 7) is 1.44. The zero-order valence-electron chi connectivity index (χ0n) is 11.5. The van der Waals surface area contributed by atoms with Gasteiger partial charge in [0.25, 0.3) is 0 Å². The molecule has 2 heterocycles. The van der Waals surface area contributed by atoms with Crippen LogP contribution in [-0.4, -0.2) is 39.7 Å². The van der Waals surface area contributed by atoms with Crippen LogP contribution >= 0.6 is 0 Å².